The highest BCUT2D eigenvalue weighted by atomic mass is 16.2. The van der Waals surface area contributed by atoms with Crippen molar-refractivity contribution >= 4 is 12.2 Å². The molecule has 1 fully saturated rings. The second-order valence-corrected chi connectivity index (χ2v) is 1.94. The fourth-order valence-corrected chi connectivity index (χ4v) is 0.732. The zero-order valence-electron chi connectivity index (χ0n) is 4.89. The third-order valence-electron chi connectivity index (χ3n) is 1.16. The molecule has 1 atom stereocenters. The molecule has 1 aliphatic rings. The van der Waals surface area contributed by atoms with Crippen molar-refractivity contribution < 1.29 is 9.59 Å². The summed E-state index contributed by atoms with van der Waals surface area (Å²) in [5.74, 6) is -0.113. The Morgan fingerprint density at radius 2 is 2.44 bits per heavy atom. The molecule has 50 valence electrons. The van der Waals surface area contributed by atoms with Crippen LogP contribution in [0.15, 0.2) is 0 Å². The molecule has 0 radical (unpaired) electrons. The van der Waals surface area contributed by atoms with Gasteiger partial charge in [-0.1, -0.05) is 0 Å². The molecule has 0 bridgehead atoms. The van der Waals surface area contributed by atoms with E-state index >= 15 is 0 Å². The fraction of sp³-hybridized carbons (Fsp3) is 0.600. The number of rotatable bonds is 1. The first-order valence-corrected chi connectivity index (χ1v) is 2.78. The van der Waals surface area contributed by atoms with Crippen molar-refractivity contribution in [2.75, 3.05) is 13.1 Å². The molecular formula is C5H8N2O2. The first kappa shape index (κ1) is 6.22. The summed E-state index contributed by atoms with van der Waals surface area (Å²) in [6.45, 7) is 0.875. The highest BCUT2D eigenvalue weighted by Gasteiger charge is 2.15. The maximum Gasteiger partial charge on any atom is 0.234 e. The lowest BCUT2D eigenvalue weighted by Crippen LogP contribution is -2.52. The van der Waals surface area contributed by atoms with Crippen LogP contribution in [0.1, 0.15) is 0 Å². The summed E-state index contributed by atoms with van der Waals surface area (Å²) in [6.07, 6.45) is 0.726. The number of hydrogen-bond acceptors (Lipinski definition) is 3. The quantitative estimate of drug-likeness (QED) is 0.413. The first-order chi connectivity index (χ1) is 4.33. The molecule has 0 spiro atoms. The smallest absolute Gasteiger partial charge is 0.234 e. The lowest BCUT2D eigenvalue weighted by Gasteiger charge is -2.18. The van der Waals surface area contributed by atoms with Gasteiger partial charge in [-0.2, -0.15) is 0 Å². The Balaban J connectivity index is 2.40. The summed E-state index contributed by atoms with van der Waals surface area (Å²) < 4.78 is 0. The second-order valence-electron chi connectivity index (χ2n) is 1.94. The second kappa shape index (κ2) is 2.59. The van der Waals surface area contributed by atoms with E-state index in [1.165, 1.54) is 0 Å². The van der Waals surface area contributed by atoms with Gasteiger partial charge in [0.2, 0.25) is 5.91 Å². The lowest BCUT2D eigenvalue weighted by molar-refractivity contribution is -0.124. The van der Waals surface area contributed by atoms with Gasteiger partial charge in [0.25, 0.3) is 0 Å². The number of aldehydes is 1. The first-order valence-electron chi connectivity index (χ1n) is 2.78. The number of carbonyl (C=O) groups excluding carboxylic acids is 2. The zero-order chi connectivity index (χ0) is 6.69. The number of nitrogens with one attached hydrogen (secondary N) is 2. The average Bonchev–Trinajstić information content (AvgIpc) is 1.88. The Hall–Kier alpha value is -0.900. The van der Waals surface area contributed by atoms with Gasteiger partial charge in [-0.3, -0.25) is 4.79 Å². The van der Waals surface area contributed by atoms with Gasteiger partial charge >= 0.3 is 0 Å². The summed E-state index contributed by atoms with van der Waals surface area (Å²) >= 11 is 0. The van der Waals surface area contributed by atoms with Gasteiger partial charge in [-0.25, -0.2) is 0 Å². The van der Waals surface area contributed by atoms with Crippen LogP contribution in [0.25, 0.3) is 0 Å². The maximum absolute atomic E-state index is 10.5. The molecule has 0 aromatic rings. The van der Waals surface area contributed by atoms with Gasteiger partial charge in [0.1, 0.15) is 6.29 Å². The van der Waals surface area contributed by atoms with E-state index in [4.69, 9.17) is 0 Å². The third-order valence-corrected chi connectivity index (χ3v) is 1.16. The molecule has 0 aromatic carbocycles. The molecule has 1 aliphatic heterocycles. The van der Waals surface area contributed by atoms with Crippen LogP contribution in [-0.4, -0.2) is 31.3 Å². The molecule has 1 unspecified atom stereocenters. The normalized spacial score (nSPS) is 27.1. The van der Waals surface area contributed by atoms with Gasteiger partial charge < -0.3 is 15.4 Å². The largest absolute Gasteiger partial charge is 0.344 e. The van der Waals surface area contributed by atoms with Crippen molar-refractivity contribution in [2.45, 2.75) is 6.04 Å². The average molecular weight is 128 g/mol. The van der Waals surface area contributed by atoms with Crippen LogP contribution >= 0.6 is 0 Å². The highest BCUT2D eigenvalue weighted by molar-refractivity contribution is 5.82. The minimum absolute atomic E-state index is 0.113. The SMILES string of the molecule is O=CC1CNCC(=O)N1. The monoisotopic (exact) mass is 128 g/mol. The van der Waals surface area contributed by atoms with E-state index < -0.39 is 0 Å². The molecule has 4 nitrogen and oxygen atoms in total. The summed E-state index contributed by atoms with van der Waals surface area (Å²) in [6, 6.07) is -0.328. The molecule has 1 heterocycles. The van der Waals surface area contributed by atoms with Crippen molar-refractivity contribution in [3.63, 3.8) is 0 Å². The van der Waals surface area contributed by atoms with Gasteiger partial charge in [0, 0.05) is 6.54 Å². The van der Waals surface area contributed by atoms with Crippen LogP contribution in [-0.2, 0) is 9.59 Å². The summed E-state index contributed by atoms with van der Waals surface area (Å²) in [4.78, 5) is 20.6. The van der Waals surface area contributed by atoms with Crippen LogP contribution < -0.4 is 10.6 Å². The van der Waals surface area contributed by atoms with E-state index in [0.29, 0.717) is 13.1 Å². The molecular weight excluding hydrogens is 120 g/mol. The Morgan fingerprint density at radius 1 is 1.67 bits per heavy atom. The molecule has 1 rings (SSSR count). The van der Waals surface area contributed by atoms with Gasteiger partial charge in [-0.05, 0) is 0 Å². The zero-order valence-corrected chi connectivity index (χ0v) is 4.89. The summed E-state index contributed by atoms with van der Waals surface area (Å²) in [7, 11) is 0. The summed E-state index contributed by atoms with van der Waals surface area (Å²) in [5, 5.41) is 5.29. The van der Waals surface area contributed by atoms with E-state index in [9.17, 15) is 9.59 Å². The van der Waals surface area contributed by atoms with Crippen LogP contribution in [0.5, 0.6) is 0 Å². The minimum atomic E-state index is -0.328. The van der Waals surface area contributed by atoms with Gasteiger partial charge in [0.15, 0.2) is 0 Å². The Morgan fingerprint density at radius 3 is 2.89 bits per heavy atom. The number of hydrogen-bond donors (Lipinski definition) is 2. The van der Waals surface area contributed by atoms with Crippen molar-refractivity contribution in [2.24, 2.45) is 0 Å². The Kier molecular flexibility index (Phi) is 1.79. The molecule has 4 heteroatoms. The highest BCUT2D eigenvalue weighted by Crippen LogP contribution is 1.81. The van der Waals surface area contributed by atoms with Gasteiger partial charge in [0.05, 0.1) is 12.6 Å². The van der Waals surface area contributed by atoms with Crippen molar-refractivity contribution in [3.05, 3.63) is 0 Å². The van der Waals surface area contributed by atoms with Crippen molar-refractivity contribution in [1.29, 1.82) is 0 Å². The van der Waals surface area contributed by atoms with Crippen molar-refractivity contribution in [3.8, 4) is 0 Å². The Labute approximate surface area is 52.6 Å². The molecule has 2 N–H and O–H groups in total. The number of piperazine rings is 1. The molecule has 0 aliphatic carbocycles. The molecule has 1 amide bonds. The predicted molar refractivity (Wildman–Crippen MR) is 30.9 cm³/mol. The molecule has 9 heavy (non-hydrogen) atoms. The van der Waals surface area contributed by atoms with Crippen LogP contribution in [0.4, 0.5) is 0 Å². The third kappa shape index (κ3) is 1.50. The number of amides is 1. The minimum Gasteiger partial charge on any atom is -0.344 e. The summed E-state index contributed by atoms with van der Waals surface area (Å²) in [5.41, 5.74) is 0. The van der Waals surface area contributed by atoms with E-state index in [-0.39, 0.29) is 11.9 Å². The standard InChI is InChI=1S/C5H8N2O2/c8-3-4-1-6-2-5(9)7-4/h3-4,6H,1-2H2,(H,7,9). The molecule has 0 saturated carbocycles. The van der Waals surface area contributed by atoms with Crippen LogP contribution in [0, 0.1) is 0 Å². The molecule has 1 saturated heterocycles. The van der Waals surface area contributed by atoms with Gasteiger partial charge in [-0.15, -0.1) is 0 Å². The fourth-order valence-electron chi connectivity index (χ4n) is 0.732. The predicted octanol–water partition coefficient (Wildman–Crippen LogP) is -1.73. The van der Waals surface area contributed by atoms with Crippen molar-refractivity contribution in [1.82, 2.24) is 10.6 Å². The maximum atomic E-state index is 10.5. The van der Waals surface area contributed by atoms with E-state index in [1.54, 1.807) is 0 Å². The van der Waals surface area contributed by atoms with E-state index in [1.807, 2.05) is 0 Å². The molecule has 0 aromatic heterocycles. The van der Waals surface area contributed by atoms with E-state index in [0.717, 1.165) is 6.29 Å². The topological polar surface area (TPSA) is 58.2 Å². The van der Waals surface area contributed by atoms with Crippen LogP contribution in [0.2, 0.25) is 0 Å². The van der Waals surface area contributed by atoms with Crippen LogP contribution in [0.3, 0.4) is 0 Å². The van der Waals surface area contributed by atoms with E-state index in [2.05, 4.69) is 10.6 Å². The lowest BCUT2D eigenvalue weighted by atomic mass is 10.2. The Bertz CT molecular complexity index is 135. The number of carbonyl (C=O) groups is 2.